The van der Waals surface area contributed by atoms with Crippen LogP contribution >= 0.6 is 0 Å². The van der Waals surface area contributed by atoms with Gasteiger partial charge in [-0.15, -0.1) is 0 Å². The molecule has 0 bridgehead atoms. The van der Waals surface area contributed by atoms with Gasteiger partial charge >= 0.3 is 18.3 Å². The highest BCUT2D eigenvalue weighted by atomic mass is 19.4. The summed E-state index contributed by atoms with van der Waals surface area (Å²) in [7, 11) is 1.16. The molecule has 0 unspecified atom stereocenters. The molecule has 2 aromatic carbocycles. The van der Waals surface area contributed by atoms with Crippen LogP contribution in [0.4, 0.5) is 30.7 Å². The summed E-state index contributed by atoms with van der Waals surface area (Å²) in [5.41, 5.74) is -2.69. The van der Waals surface area contributed by atoms with Crippen LogP contribution in [0.5, 0.6) is 0 Å². The largest absolute Gasteiger partial charge is 0.466 e. The lowest BCUT2D eigenvalue weighted by Crippen LogP contribution is -2.40. The molecule has 2 aliphatic heterocycles. The van der Waals surface area contributed by atoms with Crippen molar-refractivity contribution in [3.63, 3.8) is 0 Å². The zero-order valence-electron chi connectivity index (χ0n) is 20.1. The van der Waals surface area contributed by atoms with Gasteiger partial charge in [0.1, 0.15) is 5.82 Å². The molecule has 0 aromatic heterocycles. The molecule has 0 radical (unpaired) electrons. The standard InChI is InChI=1S/C26H22F7NO4/c1-13(15-7-17(25(28,29)30)11-18(8-15)26(31,32)33)38-21-12-34-20(9-16(10-22(34)35)24(36)37-2)23(21)14-3-5-19(27)6-4-14/h3-9,11,13,20-21,23H,10,12H2,1-2H3/t13-,20+,21+,23+/m1/s1. The van der Waals surface area contributed by atoms with Crippen molar-refractivity contribution >= 4 is 11.9 Å². The van der Waals surface area contributed by atoms with Gasteiger partial charge in [-0.2, -0.15) is 26.3 Å². The Balaban J connectivity index is 1.72. The molecule has 1 amide bonds. The lowest BCUT2D eigenvalue weighted by molar-refractivity contribution is -0.143. The van der Waals surface area contributed by atoms with Crippen molar-refractivity contribution in [2.24, 2.45) is 0 Å². The molecular formula is C26H22F7NO4. The van der Waals surface area contributed by atoms with Crippen molar-refractivity contribution in [3.05, 3.63) is 82.2 Å². The number of benzene rings is 2. The predicted molar refractivity (Wildman–Crippen MR) is 119 cm³/mol. The lowest BCUT2D eigenvalue weighted by Gasteiger charge is -2.30. The van der Waals surface area contributed by atoms with Gasteiger partial charge in [-0.1, -0.05) is 18.2 Å². The third kappa shape index (κ3) is 5.54. The van der Waals surface area contributed by atoms with Crippen molar-refractivity contribution in [1.29, 1.82) is 0 Å². The highest BCUT2D eigenvalue weighted by Gasteiger charge is 2.48. The first-order chi connectivity index (χ1) is 17.7. The van der Waals surface area contributed by atoms with Crippen LogP contribution in [0.15, 0.2) is 54.1 Å². The molecule has 2 aromatic rings. The molecule has 4 rings (SSSR count). The van der Waals surface area contributed by atoms with Crippen LogP contribution in [0.2, 0.25) is 0 Å². The zero-order chi connectivity index (χ0) is 28.0. The highest BCUT2D eigenvalue weighted by Crippen LogP contribution is 2.43. The number of rotatable bonds is 5. The van der Waals surface area contributed by atoms with Crippen LogP contribution < -0.4 is 0 Å². The van der Waals surface area contributed by atoms with Crippen LogP contribution in [0, 0.1) is 5.82 Å². The van der Waals surface area contributed by atoms with E-state index in [0.717, 1.165) is 7.11 Å². The normalized spacial score (nSPS) is 22.7. The van der Waals surface area contributed by atoms with Gasteiger partial charge in [-0.3, -0.25) is 4.79 Å². The first kappa shape index (κ1) is 27.6. The van der Waals surface area contributed by atoms with E-state index in [9.17, 15) is 40.3 Å². The highest BCUT2D eigenvalue weighted by molar-refractivity contribution is 5.97. The summed E-state index contributed by atoms with van der Waals surface area (Å²) in [6.45, 7) is 1.26. The van der Waals surface area contributed by atoms with Gasteiger partial charge < -0.3 is 14.4 Å². The minimum Gasteiger partial charge on any atom is -0.466 e. The molecule has 0 N–H and O–H groups in total. The van der Waals surface area contributed by atoms with E-state index in [1.54, 1.807) is 0 Å². The van der Waals surface area contributed by atoms with Crippen molar-refractivity contribution in [3.8, 4) is 0 Å². The molecule has 2 heterocycles. The van der Waals surface area contributed by atoms with Crippen molar-refractivity contribution in [1.82, 2.24) is 4.90 Å². The molecule has 204 valence electrons. The van der Waals surface area contributed by atoms with Gasteiger partial charge in [0.25, 0.3) is 0 Å². The summed E-state index contributed by atoms with van der Waals surface area (Å²) in [5.74, 6) is -2.38. The molecule has 0 saturated carbocycles. The molecule has 5 nitrogen and oxygen atoms in total. The van der Waals surface area contributed by atoms with Gasteiger partial charge in [0.2, 0.25) is 5.91 Å². The molecular weight excluding hydrogens is 523 g/mol. The van der Waals surface area contributed by atoms with E-state index in [4.69, 9.17) is 9.47 Å². The zero-order valence-corrected chi connectivity index (χ0v) is 20.1. The summed E-state index contributed by atoms with van der Waals surface area (Å²) < 4.78 is 105. The molecule has 1 fully saturated rings. The second-order valence-corrected chi connectivity index (χ2v) is 9.13. The van der Waals surface area contributed by atoms with Gasteiger partial charge in [0, 0.05) is 18.0 Å². The number of carbonyl (C=O) groups excluding carboxylic acids is 2. The Morgan fingerprint density at radius 1 is 1.00 bits per heavy atom. The predicted octanol–water partition coefficient (Wildman–Crippen LogP) is 5.81. The number of amides is 1. The van der Waals surface area contributed by atoms with Gasteiger partial charge in [-0.05, 0) is 48.4 Å². The SMILES string of the molecule is COC(=O)C1=C[C@H]2[C@H](c3ccc(F)cc3)[C@@H](O[C@H](C)c3cc(C(F)(F)F)cc(C(F)(F)F)c3)CN2C(=O)C1. The Kier molecular flexibility index (Phi) is 7.30. The number of ether oxygens (including phenoxy) is 2. The molecule has 1 saturated heterocycles. The van der Waals surface area contributed by atoms with Crippen LogP contribution in [-0.2, 0) is 31.4 Å². The molecule has 0 spiro atoms. The van der Waals surface area contributed by atoms with E-state index in [-0.39, 0.29) is 30.2 Å². The average Bonchev–Trinajstić information content (AvgIpc) is 3.21. The summed E-state index contributed by atoms with van der Waals surface area (Å²) in [5, 5.41) is 0. The Morgan fingerprint density at radius 2 is 1.58 bits per heavy atom. The average molecular weight is 545 g/mol. The number of methoxy groups -OCH3 is 1. The van der Waals surface area contributed by atoms with Crippen molar-refractivity contribution in [2.75, 3.05) is 13.7 Å². The number of hydrogen-bond acceptors (Lipinski definition) is 4. The first-order valence-corrected chi connectivity index (χ1v) is 11.5. The maximum absolute atomic E-state index is 13.6. The van der Waals surface area contributed by atoms with E-state index in [0.29, 0.717) is 17.7 Å². The third-order valence-corrected chi connectivity index (χ3v) is 6.70. The molecule has 4 atom stereocenters. The molecule has 38 heavy (non-hydrogen) atoms. The number of carbonyl (C=O) groups is 2. The van der Waals surface area contributed by atoms with Gasteiger partial charge in [0.15, 0.2) is 0 Å². The maximum atomic E-state index is 13.6. The van der Waals surface area contributed by atoms with E-state index in [1.165, 1.54) is 42.2 Å². The van der Waals surface area contributed by atoms with E-state index < -0.39 is 65.3 Å². The number of hydrogen-bond donors (Lipinski definition) is 0. The maximum Gasteiger partial charge on any atom is 0.416 e. The third-order valence-electron chi connectivity index (χ3n) is 6.70. The Morgan fingerprint density at radius 3 is 2.11 bits per heavy atom. The Bertz CT molecular complexity index is 1220. The fraction of sp³-hybridized carbons (Fsp3) is 0.385. The van der Waals surface area contributed by atoms with Gasteiger partial charge in [-0.25, -0.2) is 9.18 Å². The number of esters is 1. The number of fused-ring (bicyclic) bond motifs is 1. The van der Waals surface area contributed by atoms with E-state index >= 15 is 0 Å². The van der Waals surface area contributed by atoms with Crippen LogP contribution in [0.25, 0.3) is 0 Å². The number of halogens is 7. The minimum absolute atomic E-state index is 0.0329. The Labute approximate surface area is 212 Å². The van der Waals surface area contributed by atoms with Gasteiger partial charge in [0.05, 0.1) is 42.9 Å². The number of alkyl halides is 6. The van der Waals surface area contributed by atoms with Crippen LogP contribution in [-0.4, -0.2) is 42.6 Å². The molecule has 12 heteroatoms. The summed E-state index contributed by atoms with van der Waals surface area (Å²) in [6, 6.07) is 5.73. The fourth-order valence-electron chi connectivity index (χ4n) is 4.88. The second kappa shape index (κ2) is 10.0. The Hall–Kier alpha value is -3.41. The summed E-state index contributed by atoms with van der Waals surface area (Å²) >= 11 is 0. The number of nitrogens with zero attached hydrogens (tertiary/aromatic N) is 1. The van der Waals surface area contributed by atoms with E-state index in [1.807, 2.05) is 0 Å². The first-order valence-electron chi connectivity index (χ1n) is 11.5. The minimum atomic E-state index is -5.03. The molecule has 2 aliphatic rings. The van der Waals surface area contributed by atoms with Crippen LogP contribution in [0.1, 0.15) is 47.6 Å². The smallest absolute Gasteiger partial charge is 0.416 e. The van der Waals surface area contributed by atoms with E-state index in [2.05, 4.69) is 0 Å². The quantitative estimate of drug-likeness (QED) is 0.352. The topological polar surface area (TPSA) is 55.8 Å². The second-order valence-electron chi connectivity index (χ2n) is 9.13. The van der Waals surface area contributed by atoms with Crippen molar-refractivity contribution < 1.29 is 49.8 Å². The van der Waals surface area contributed by atoms with Crippen molar-refractivity contribution in [2.45, 2.75) is 49.9 Å². The fourth-order valence-corrected chi connectivity index (χ4v) is 4.88. The van der Waals surface area contributed by atoms with Crippen LogP contribution in [0.3, 0.4) is 0 Å². The summed E-state index contributed by atoms with van der Waals surface area (Å²) in [6.07, 6.45) is -10.9. The lowest BCUT2D eigenvalue weighted by atomic mass is 9.87. The molecule has 0 aliphatic carbocycles. The monoisotopic (exact) mass is 545 g/mol. The summed E-state index contributed by atoms with van der Waals surface area (Å²) in [4.78, 5) is 26.4.